The summed E-state index contributed by atoms with van der Waals surface area (Å²) in [4.78, 5) is 12.3. The fourth-order valence-electron chi connectivity index (χ4n) is 5.05. The number of aryl methyl sites for hydroxylation is 1. The van der Waals surface area contributed by atoms with E-state index in [2.05, 4.69) is 16.3 Å². The number of ether oxygens (including phenoxy) is 3. The van der Waals surface area contributed by atoms with E-state index in [0.717, 1.165) is 80.9 Å². The third kappa shape index (κ3) is 4.64. The number of hydrogen-bond acceptors (Lipinski definition) is 7. The van der Waals surface area contributed by atoms with Gasteiger partial charge in [0.2, 0.25) is 5.88 Å². The summed E-state index contributed by atoms with van der Waals surface area (Å²) in [6.45, 7) is 7.24. The molecule has 0 saturated carbocycles. The number of fused-ring (bicyclic) bond motifs is 2. The molecule has 0 spiro atoms. The fourth-order valence-corrected chi connectivity index (χ4v) is 5.05. The van der Waals surface area contributed by atoms with Crippen molar-refractivity contribution in [2.24, 2.45) is 5.92 Å². The van der Waals surface area contributed by atoms with Gasteiger partial charge in [0.05, 0.1) is 38.1 Å². The molecule has 1 atom stereocenters. The lowest BCUT2D eigenvalue weighted by atomic mass is 10.1. The highest BCUT2D eigenvalue weighted by Gasteiger charge is 2.23. The van der Waals surface area contributed by atoms with Gasteiger partial charge in [0.1, 0.15) is 5.52 Å². The second-order valence-electron chi connectivity index (χ2n) is 9.00. The molecule has 2 aromatic heterocycles. The van der Waals surface area contributed by atoms with Gasteiger partial charge in [-0.2, -0.15) is 0 Å². The van der Waals surface area contributed by atoms with E-state index in [-0.39, 0.29) is 0 Å². The van der Waals surface area contributed by atoms with Crippen molar-refractivity contribution in [3.63, 3.8) is 0 Å². The number of aromatic nitrogens is 2. The van der Waals surface area contributed by atoms with Crippen LogP contribution in [0.4, 0.5) is 5.69 Å². The van der Waals surface area contributed by atoms with Crippen LogP contribution in [-0.4, -0.2) is 68.0 Å². The second-order valence-corrected chi connectivity index (χ2v) is 9.00. The highest BCUT2D eigenvalue weighted by atomic mass is 16.5. The van der Waals surface area contributed by atoms with E-state index >= 15 is 0 Å². The SMILES string of the molecule is COc1nc2c(NC[C@@H]3CCOC3)c3c(nc2cc1COCCN1CCCC1)CCC3. The molecule has 0 unspecified atom stereocenters. The van der Waals surface area contributed by atoms with Crippen LogP contribution in [0.3, 0.4) is 0 Å². The number of nitrogens with zero attached hydrogens (tertiary/aromatic N) is 3. The van der Waals surface area contributed by atoms with E-state index in [9.17, 15) is 0 Å². The maximum absolute atomic E-state index is 5.99. The van der Waals surface area contributed by atoms with Crippen molar-refractivity contribution in [2.75, 3.05) is 58.4 Å². The predicted molar refractivity (Wildman–Crippen MR) is 121 cm³/mol. The molecule has 2 saturated heterocycles. The molecule has 5 rings (SSSR count). The van der Waals surface area contributed by atoms with E-state index < -0.39 is 0 Å². The molecule has 2 fully saturated rings. The zero-order valence-corrected chi connectivity index (χ0v) is 18.6. The Morgan fingerprint density at radius 3 is 2.90 bits per heavy atom. The van der Waals surface area contributed by atoms with Crippen LogP contribution >= 0.6 is 0 Å². The first-order valence-electron chi connectivity index (χ1n) is 11.8. The lowest BCUT2D eigenvalue weighted by Gasteiger charge is -2.18. The zero-order valence-electron chi connectivity index (χ0n) is 18.6. The van der Waals surface area contributed by atoms with Gasteiger partial charge in [0, 0.05) is 36.9 Å². The summed E-state index contributed by atoms with van der Waals surface area (Å²) in [5.41, 5.74) is 6.50. The van der Waals surface area contributed by atoms with E-state index in [1.165, 1.54) is 37.2 Å². The van der Waals surface area contributed by atoms with Crippen molar-refractivity contribution in [2.45, 2.75) is 45.1 Å². The van der Waals surface area contributed by atoms with Crippen LogP contribution in [0, 0.1) is 5.92 Å². The van der Waals surface area contributed by atoms with Gasteiger partial charge in [0.25, 0.3) is 0 Å². The van der Waals surface area contributed by atoms with Gasteiger partial charge in [-0.05, 0) is 63.2 Å². The molecule has 1 N–H and O–H groups in total. The lowest BCUT2D eigenvalue weighted by Crippen LogP contribution is -2.24. The van der Waals surface area contributed by atoms with Gasteiger partial charge in [-0.25, -0.2) is 4.98 Å². The first-order chi connectivity index (χ1) is 15.3. The van der Waals surface area contributed by atoms with Crippen molar-refractivity contribution in [3.8, 4) is 5.88 Å². The minimum atomic E-state index is 0.501. The number of likely N-dealkylation sites (tertiary alicyclic amines) is 1. The van der Waals surface area contributed by atoms with Gasteiger partial charge >= 0.3 is 0 Å². The molecular formula is C24H34N4O3. The summed E-state index contributed by atoms with van der Waals surface area (Å²) >= 11 is 0. The fraction of sp³-hybridized carbons (Fsp3) is 0.667. The monoisotopic (exact) mass is 426 g/mol. The summed E-state index contributed by atoms with van der Waals surface area (Å²) in [5.74, 6) is 1.20. The van der Waals surface area contributed by atoms with Crippen molar-refractivity contribution in [3.05, 3.63) is 22.9 Å². The standard InChI is InChI=1S/C24H34N4O3/c1-29-24-18(16-31-12-10-28-8-2-3-9-28)13-21-23(27-24)22(19-5-4-6-20(19)26-21)25-14-17-7-11-30-15-17/h13,17H,2-12,14-16H2,1H3,(H,25,26)/t17-/m0/s1. The molecule has 3 aliphatic rings. The average molecular weight is 427 g/mol. The molecule has 0 amide bonds. The molecule has 0 aromatic carbocycles. The molecular weight excluding hydrogens is 392 g/mol. The zero-order chi connectivity index (χ0) is 21.0. The molecule has 2 aliphatic heterocycles. The van der Waals surface area contributed by atoms with Crippen LogP contribution in [-0.2, 0) is 28.9 Å². The second kappa shape index (κ2) is 9.67. The summed E-state index contributed by atoms with van der Waals surface area (Å²) in [6.07, 6.45) is 7.00. The molecule has 7 nitrogen and oxygen atoms in total. The largest absolute Gasteiger partial charge is 0.481 e. The van der Waals surface area contributed by atoms with Gasteiger partial charge < -0.3 is 24.4 Å². The number of hydrogen-bond donors (Lipinski definition) is 1. The van der Waals surface area contributed by atoms with Crippen LogP contribution in [0.1, 0.15) is 42.5 Å². The Kier molecular flexibility index (Phi) is 6.53. The Morgan fingerprint density at radius 2 is 2.10 bits per heavy atom. The van der Waals surface area contributed by atoms with E-state index in [4.69, 9.17) is 24.2 Å². The molecule has 4 heterocycles. The molecule has 31 heavy (non-hydrogen) atoms. The molecule has 0 radical (unpaired) electrons. The van der Waals surface area contributed by atoms with Crippen molar-refractivity contribution in [1.29, 1.82) is 0 Å². The lowest BCUT2D eigenvalue weighted by molar-refractivity contribution is 0.0975. The summed E-state index contributed by atoms with van der Waals surface area (Å²) < 4.78 is 17.2. The van der Waals surface area contributed by atoms with Gasteiger partial charge in [-0.15, -0.1) is 0 Å². The van der Waals surface area contributed by atoms with Crippen molar-refractivity contribution in [1.82, 2.24) is 14.9 Å². The van der Waals surface area contributed by atoms with Gasteiger partial charge in [-0.3, -0.25) is 4.98 Å². The first-order valence-corrected chi connectivity index (χ1v) is 11.8. The van der Waals surface area contributed by atoms with Gasteiger partial charge in [-0.1, -0.05) is 0 Å². The number of rotatable bonds is 9. The summed E-state index contributed by atoms with van der Waals surface area (Å²) in [5, 5.41) is 3.71. The van der Waals surface area contributed by atoms with Crippen LogP contribution < -0.4 is 10.1 Å². The van der Waals surface area contributed by atoms with Crippen molar-refractivity contribution >= 4 is 16.7 Å². The van der Waals surface area contributed by atoms with Crippen LogP contribution in [0.25, 0.3) is 11.0 Å². The number of anilines is 1. The topological polar surface area (TPSA) is 68.7 Å². The number of pyridine rings is 2. The Morgan fingerprint density at radius 1 is 1.19 bits per heavy atom. The molecule has 168 valence electrons. The third-order valence-corrected chi connectivity index (χ3v) is 6.82. The maximum Gasteiger partial charge on any atom is 0.219 e. The first kappa shape index (κ1) is 20.9. The summed E-state index contributed by atoms with van der Waals surface area (Å²) in [6, 6.07) is 2.11. The van der Waals surface area contributed by atoms with E-state index in [1.807, 2.05) is 0 Å². The highest BCUT2D eigenvalue weighted by molar-refractivity contribution is 5.91. The highest BCUT2D eigenvalue weighted by Crippen LogP contribution is 2.35. The minimum absolute atomic E-state index is 0.501. The molecule has 2 aromatic rings. The number of nitrogens with one attached hydrogen (secondary N) is 1. The maximum atomic E-state index is 5.99. The van der Waals surface area contributed by atoms with Crippen LogP contribution in [0.2, 0.25) is 0 Å². The molecule has 7 heteroatoms. The molecule has 0 bridgehead atoms. The van der Waals surface area contributed by atoms with Crippen molar-refractivity contribution < 1.29 is 14.2 Å². The Balaban J connectivity index is 1.36. The Hall–Kier alpha value is -1.96. The van der Waals surface area contributed by atoms with E-state index in [1.54, 1.807) is 7.11 Å². The Labute approximate surface area is 184 Å². The van der Waals surface area contributed by atoms with E-state index in [0.29, 0.717) is 18.4 Å². The molecule has 1 aliphatic carbocycles. The quantitative estimate of drug-likeness (QED) is 0.618. The smallest absolute Gasteiger partial charge is 0.219 e. The number of methoxy groups -OCH3 is 1. The van der Waals surface area contributed by atoms with Gasteiger partial charge in [0.15, 0.2) is 0 Å². The normalized spacial score (nSPS) is 21.1. The van der Waals surface area contributed by atoms with Crippen LogP contribution in [0.15, 0.2) is 6.07 Å². The summed E-state index contributed by atoms with van der Waals surface area (Å²) in [7, 11) is 1.69. The Bertz CT molecular complexity index is 908. The minimum Gasteiger partial charge on any atom is -0.481 e. The predicted octanol–water partition coefficient (Wildman–Crippen LogP) is 3.19. The van der Waals surface area contributed by atoms with Crippen LogP contribution in [0.5, 0.6) is 5.88 Å². The third-order valence-electron chi connectivity index (χ3n) is 6.82. The average Bonchev–Trinajstić information content (AvgIpc) is 3.56.